The monoisotopic (exact) mass is 448 g/mol. The predicted octanol–water partition coefficient (Wildman–Crippen LogP) is 3.96. The zero-order valence-corrected chi connectivity index (χ0v) is 17.8. The van der Waals surface area contributed by atoms with E-state index >= 15 is 0 Å². The zero-order valence-electron chi connectivity index (χ0n) is 16.2. The van der Waals surface area contributed by atoms with Crippen molar-refractivity contribution in [3.63, 3.8) is 0 Å². The molecule has 6 nitrogen and oxygen atoms in total. The summed E-state index contributed by atoms with van der Waals surface area (Å²) in [4.78, 5) is 24.2. The molecule has 0 aliphatic rings. The molecule has 0 aromatic heterocycles. The van der Waals surface area contributed by atoms with Crippen molar-refractivity contribution < 1.29 is 19.1 Å². The number of benzene rings is 2. The lowest BCUT2D eigenvalue weighted by atomic mass is 10.0. The van der Waals surface area contributed by atoms with Crippen LogP contribution in [0.3, 0.4) is 0 Å². The van der Waals surface area contributed by atoms with Crippen molar-refractivity contribution in [2.75, 3.05) is 6.61 Å². The molecule has 2 aromatic rings. The maximum atomic E-state index is 12.2. The van der Waals surface area contributed by atoms with Crippen LogP contribution in [0.5, 0.6) is 11.5 Å². The highest BCUT2D eigenvalue weighted by Crippen LogP contribution is 2.28. The number of carbonyl (C=O) groups is 2. The van der Waals surface area contributed by atoms with Gasteiger partial charge in [0.2, 0.25) is 0 Å². The van der Waals surface area contributed by atoms with Gasteiger partial charge >= 0.3 is 0 Å². The molecule has 0 heterocycles. The van der Waals surface area contributed by atoms with Gasteiger partial charge in [0.1, 0.15) is 11.5 Å². The van der Waals surface area contributed by atoms with E-state index < -0.39 is 17.9 Å². The molecule has 0 fully saturated rings. The normalized spacial score (nSPS) is 11.6. The van der Waals surface area contributed by atoms with Crippen LogP contribution in [-0.4, -0.2) is 24.5 Å². The van der Waals surface area contributed by atoms with Crippen molar-refractivity contribution in [2.24, 2.45) is 0 Å². The van der Waals surface area contributed by atoms with Crippen LogP contribution in [-0.2, 0) is 9.59 Å². The average Bonchev–Trinajstić information content (AvgIpc) is 2.69. The number of ether oxygens (including phenoxy) is 2. The molecule has 0 saturated heterocycles. The van der Waals surface area contributed by atoms with Crippen LogP contribution in [0.15, 0.2) is 53.0 Å². The van der Waals surface area contributed by atoms with Crippen LogP contribution in [0.4, 0.5) is 0 Å². The van der Waals surface area contributed by atoms with Crippen LogP contribution >= 0.6 is 15.9 Å². The van der Waals surface area contributed by atoms with Gasteiger partial charge in [0, 0.05) is 0 Å². The summed E-state index contributed by atoms with van der Waals surface area (Å²) in [6, 6.07) is 14.8. The first-order valence-electron chi connectivity index (χ1n) is 9.13. The summed E-state index contributed by atoms with van der Waals surface area (Å²) >= 11 is 3.44. The van der Waals surface area contributed by atoms with Crippen molar-refractivity contribution in [1.29, 1.82) is 0 Å². The number of carbonyl (C=O) groups excluding carboxylic acids is 2. The molecule has 2 aromatic carbocycles. The maximum absolute atomic E-state index is 12.2. The van der Waals surface area contributed by atoms with Crippen molar-refractivity contribution in [3.8, 4) is 11.5 Å². The molecule has 150 valence electrons. The van der Waals surface area contributed by atoms with Gasteiger partial charge in [-0.3, -0.25) is 20.4 Å². The second-order valence-corrected chi connectivity index (χ2v) is 7.35. The lowest BCUT2D eigenvalue weighted by Crippen LogP contribution is -2.49. The third-order valence-electron chi connectivity index (χ3n) is 3.99. The highest BCUT2D eigenvalue weighted by Gasteiger charge is 2.19. The van der Waals surface area contributed by atoms with Crippen LogP contribution < -0.4 is 20.3 Å². The Labute approximate surface area is 173 Å². The molecule has 1 unspecified atom stereocenters. The van der Waals surface area contributed by atoms with E-state index in [4.69, 9.17) is 9.47 Å². The SMILES string of the molecule is CCC(Oc1ccccc1)C(=O)NNC(=O)COc1ccc(C(C)C)cc1Br. The minimum absolute atomic E-state index is 0.226. The summed E-state index contributed by atoms with van der Waals surface area (Å²) in [6.07, 6.45) is -0.247. The van der Waals surface area contributed by atoms with Crippen LogP contribution in [0.1, 0.15) is 38.7 Å². The number of para-hydroxylation sites is 1. The predicted molar refractivity (Wildman–Crippen MR) is 111 cm³/mol. The van der Waals surface area contributed by atoms with Gasteiger partial charge in [-0.15, -0.1) is 0 Å². The lowest BCUT2D eigenvalue weighted by Gasteiger charge is -2.17. The van der Waals surface area contributed by atoms with Gasteiger partial charge in [-0.05, 0) is 58.1 Å². The minimum Gasteiger partial charge on any atom is -0.483 e. The first-order chi connectivity index (χ1) is 13.4. The molecule has 0 spiro atoms. The topological polar surface area (TPSA) is 76.7 Å². The minimum atomic E-state index is -0.707. The van der Waals surface area contributed by atoms with Gasteiger partial charge in [0.05, 0.1) is 4.47 Å². The quantitative estimate of drug-likeness (QED) is 0.599. The van der Waals surface area contributed by atoms with Crippen LogP contribution in [0.25, 0.3) is 0 Å². The Balaban J connectivity index is 1.80. The second-order valence-electron chi connectivity index (χ2n) is 6.50. The first-order valence-corrected chi connectivity index (χ1v) is 9.92. The summed E-state index contributed by atoms with van der Waals surface area (Å²) in [5, 5.41) is 0. The highest BCUT2D eigenvalue weighted by atomic mass is 79.9. The molecule has 28 heavy (non-hydrogen) atoms. The molecule has 0 aliphatic carbocycles. The fourth-order valence-corrected chi connectivity index (χ4v) is 2.88. The smallest absolute Gasteiger partial charge is 0.279 e. The molecule has 1 atom stereocenters. The molecule has 0 radical (unpaired) electrons. The Morgan fingerprint density at radius 3 is 2.39 bits per heavy atom. The molecule has 0 bridgehead atoms. The highest BCUT2D eigenvalue weighted by molar-refractivity contribution is 9.10. The Morgan fingerprint density at radius 2 is 1.79 bits per heavy atom. The van der Waals surface area contributed by atoms with E-state index in [1.807, 2.05) is 43.3 Å². The van der Waals surface area contributed by atoms with Crippen molar-refractivity contribution >= 4 is 27.7 Å². The van der Waals surface area contributed by atoms with E-state index in [9.17, 15) is 9.59 Å². The molecular weight excluding hydrogens is 424 g/mol. The largest absolute Gasteiger partial charge is 0.483 e. The Hall–Kier alpha value is -2.54. The fraction of sp³-hybridized carbons (Fsp3) is 0.333. The first kappa shape index (κ1) is 21.8. The van der Waals surface area contributed by atoms with E-state index in [1.54, 1.807) is 12.1 Å². The van der Waals surface area contributed by atoms with Gasteiger partial charge in [-0.1, -0.05) is 45.0 Å². The summed E-state index contributed by atoms with van der Waals surface area (Å²) in [6.45, 7) is 5.81. The van der Waals surface area contributed by atoms with Crippen LogP contribution in [0, 0.1) is 0 Å². The second kappa shape index (κ2) is 10.7. The van der Waals surface area contributed by atoms with Gasteiger partial charge < -0.3 is 9.47 Å². The summed E-state index contributed by atoms with van der Waals surface area (Å²) in [7, 11) is 0. The number of hydrazine groups is 1. The van der Waals surface area contributed by atoms with Gasteiger partial charge in [0.25, 0.3) is 11.8 Å². The summed E-state index contributed by atoms with van der Waals surface area (Å²) < 4.78 is 11.9. The van der Waals surface area contributed by atoms with E-state index in [2.05, 4.69) is 40.6 Å². The Morgan fingerprint density at radius 1 is 1.07 bits per heavy atom. The average molecular weight is 449 g/mol. The van der Waals surface area contributed by atoms with Crippen LogP contribution in [0.2, 0.25) is 0 Å². The molecule has 7 heteroatoms. The third-order valence-corrected chi connectivity index (χ3v) is 4.61. The number of amides is 2. The lowest BCUT2D eigenvalue weighted by molar-refractivity contribution is -0.134. The van der Waals surface area contributed by atoms with Gasteiger partial charge in [-0.25, -0.2) is 0 Å². The Bertz CT molecular complexity index is 796. The van der Waals surface area contributed by atoms with E-state index in [0.717, 1.165) is 4.47 Å². The summed E-state index contributed by atoms with van der Waals surface area (Å²) in [5.41, 5.74) is 5.88. The fourth-order valence-electron chi connectivity index (χ4n) is 2.37. The van der Waals surface area contributed by atoms with E-state index in [-0.39, 0.29) is 6.61 Å². The van der Waals surface area contributed by atoms with E-state index in [1.165, 1.54) is 5.56 Å². The van der Waals surface area contributed by atoms with Gasteiger partial charge in [-0.2, -0.15) is 0 Å². The van der Waals surface area contributed by atoms with Crippen molar-refractivity contribution in [3.05, 3.63) is 58.6 Å². The number of hydrogen-bond donors (Lipinski definition) is 2. The molecule has 0 aliphatic heterocycles. The molecule has 2 rings (SSSR count). The number of hydrogen-bond acceptors (Lipinski definition) is 4. The number of rotatable bonds is 8. The van der Waals surface area contributed by atoms with Crippen molar-refractivity contribution in [1.82, 2.24) is 10.9 Å². The molecule has 2 amide bonds. The maximum Gasteiger partial charge on any atom is 0.279 e. The summed E-state index contributed by atoms with van der Waals surface area (Å²) in [5.74, 6) is 0.650. The van der Waals surface area contributed by atoms with E-state index in [0.29, 0.717) is 23.8 Å². The molecule has 2 N–H and O–H groups in total. The van der Waals surface area contributed by atoms with Crippen molar-refractivity contribution in [2.45, 2.75) is 39.2 Å². The molecule has 0 saturated carbocycles. The third kappa shape index (κ3) is 6.56. The zero-order chi connectivity index (χ0) is 20.5. The van der Waals surface area contributed by atoms with Gasteiger partial charge in [0.15, 0.2) is 12.7 Å². The number of nitrogens with one attached hydrogen (secondary N) is 2. The number of halogens is 1. The standard InChI is InChI=1S/C21H25BrN2O4/c1-4-18(28-16-8-6-5-7-9-16)21(26)24-23-20(25)13-27-19-11-10-15(14(2)3)12-17(19)22/h5-12,14,18H,4,13H2,1-3H3,(H,23,25)(H,24,26). The Kier molecular flexibility index (Phi) is 8.32. The molecular formula is C21H25BrN2O4.